The summed E-state index contributed by atoms with van der Waals surface area (Å²) < 4.78 is 11.5. The summed E-state index contributed by atoms with van der Waals surface area (Å²) in [5.74, 6) is 3.51. The molecule has 3 rings (SSSR count). The molecule has 1 saturated heterocycles. The summed E-state index contributed by atoms with van der Waals surface area (Å²) in [6.45, 7) is 3.45. The van der Waals surface area contributed by atoms with Gasteiger partial charge in [-0.3, -0.25) is 0 Å². The number of morpholine rings is 1. The molecule has 1 fully saturated rings. The van der Waals surface area contributed by atoms with E-state index < -0.39 is 0 Å². The van der Waals surface area contributed by atoms with Crippen molar-refractivity contribution in [2.45, 2.75) is 25.1 Å². The molecule has 3 heteroatoms. The van der Waals surface area contributed by atoms with Crippen LogP contribution in [-0.4, -0.2) is 25.4 Å². The van der Waals surface area contributed by atoms with Crippen LogP contribution in [0.2, 0.25) is 0 Å². The van der Waals surface area contributed by atoms with E-state index in [0.29, 0.717) is 12.6 Å². The van der Waals surface area contributed by atoms with Crippen LogP contribution in [0.15, 0.2) is 18.2 Å². The molecule has 2 aliphatic rings. The van der Waals surface area contributed by atoms with Crippen molar-refractivity contribution in [1.29, 1.82) is 0 Å². The second kappa shape index (κ2) is 4.06. The third-order valence-electron chi connectivity index (χ3n) is 3.31. The molecule has 17 heavy (non-hydrogen) atoms. The van der Waals surface area contributed by atoms with E-state index in [9.17, 15) is 0 Å². The maximum atomic E-state index is 5.78. The number of hydrogen-bond donors (Lipinski definition) is 1. The molecular formula is C14H15NO2. The number of rotatable bonds is 0. The van der Waals surface area contributed by atoms with Gasteiger partial charge in [0.25, 0.3) is 0 Å². The fourth-order valence-electron chi connectivity index (χ4n) is 2.44. The number of benzene rings is 1. The first-order chi connectivity index (χ1) is 8.28. The number of nitrogens with one attached hydrogen (secondary N) is 1. The summed E-state index contributed by atoms with van der Waals surface area (Å²) in [5, 5.41) is 3.56. The standard InChI is InChI=1S/C14H15NO2/c1-3-10-4-5-11-12(6-10)17-8-13-14(11)15-9(2)7-16-13/h1,4-6,9,13-15H,7-8H2,2H3/t9-,13-,14+/m1/s1. The minimum Gasteiger partial charge on any atom is -0.490 e. The summed E-state index contributed by atoms with van der Waals surface area (Å²) in [6, 6.07) is 6.50. The Morgan fingerprint density at radius 2 is 2.29 bits per heavy atom. The molecule has 1 aromatic rings. The molecule has 2 aliphatic heterocycles. The van der Waals surface area contributed by atoms with Crippen molar-refractivity contribution in [1.82, 2.24) is 5.32 Å². The molecule has 3 nitrogen and oxygen atoms in total. The first-order valence-electron chi connectivity index (χ1n) is 5.89. The molecule has 0 spiro atoms. The lowest BCUT2D eigenvalue weighted by atomic mass is 9.95. The highest BCUT2D eigenvalue weighted by molar-refractivity contribution is 5.46. The topological polar surface area (TPSA) is 30.5 Å². The van der Waals surface area contributed by atoms with Crippen molar-refractivity contribution in [2.75, 3.05) is 13.2 Å². The first kappa shape index (κ1) is 10.6. The highest BCUT2D eigenvalue weighted by Gasteiger charge is 2.35. The largest absolute Gasteiger partial charge is 0.490 e. The van der Waals surface area contributed by atoms with E-state index in [0.717, 1.165) is 23.5 Å². The van der Waals surface area contributed by atoms with Crippen LogP contribution < -0.4 is 10.1 Å². The number of ether oxygens (including phenoxy) is 2. The second-order valence-electron chi connectivity index (χ2n) is 4.63. The smallest absolute Gasteiger partial charge is 0.125 e. The van der Waals surface area contributed by atoms with Crippen LogP contribution in [0.5, 0.6) is 5.75 Å². The third kappa shape index (κ3) is 1.80. The van der Waals surface area contributed by atoms with Gasteiger partial charge < -0.3 is 14.8 Å². The maximum Gasteiger partial charge on any atom is 0.125 e. The van der Waals surface area contributed by atoms with Crippen LogP contribution >= 0.6 is 0 Å². The maximum absolute atomic E-state index is 5.78. The normalized spacial score (nSPS) is 30.7. The van der Waals surface area contributed by atoms with Crippen LogP contribution in [0.3, 0.4) is 0 Å². The molecule has 2 heterocycles. The number of terminal acetylenes is 1. The quantitative estimate of drug-likeness (QED) is 0.683. The third-order valence-corrected chi connectivity index (χ3v) is 3.31. The Kier molecular flexibility index (Phi) is 2.54. The van der Waals surface area contributed by atoms with Gasteiger partial charge in [0, 0.05) is 17.2 Å². The molecule has 1 N–H and O–H groups in total. The number of fused-ring (bicyclic) bond motifs is 3. The fourth-order valence-corrected chi connectivity index (χ4v) is 2.44. The molecular weight excluding hydrogens is 214 g/mol. The van der Waals surface area contributed by atoms with Crippen LogP contribution in [0.25, 0.3) is 0 Å². The van der Waals surface area contributed by atoms with Gasteiger partial charge in [-0.05, 0) is 19.1 Å². The van der Waals surface area contributed by atoms with Crippen LogP contribution in [0, 0.1) is 12.3 Å². The van der Waals surface area contributed by atoms with Gasteiger partial charge in [-0.15, -0.1) is 6.42 Å². The van der Waals surface area contributed by atoms with Gasteiger partial charge in [-0.25, -0.2) is 0 Å². The van der Waals surface area contributed by atoms with E-state index in [-0.39, 0.29) is 12.1 Å². The van der Waals surface area contributed by atoms with E-state index >= 15 is 0 Å². The molecule has 0 amide bonds. The van der Waals surface area contributed by atoms with Gasteiger partial charge in [0.2, 0.25) is 0 Å². The van der Waals surface area contributed by atoms with Crippen molar-refractivity contribution in [3.63, 3.8) is 0 Å². The molecule has 0 unspecified atom stereocenters. The Balaban J connectivity index is 1.97. The number of hydrogen-bond acceptors (Lipinski definition) is 3. The van der Waals surface area contributed by atoms with Gasteiger partial charge in [-0.2, -0.15) is 0 Å². The molecule has 0 aromatic heterocycles. The monoisotopic (exact) mass is 229 g/mol. The van der Waals surface area contributed by atoms with E-state index in [1.54, 1.807) is 0 Å². The summed E-state index contributed by atoms with van der Waals surface area (Å²) in [7, 11) is 0. The predicted octanol–water partition coefficient (Wildman–Crippen LogP) is 1.48. The van der Waals surface area contributed by atoms with E-state index in [4.69, 9.17) is 15.9 Å². The molecule has 0 aliphatic carbocycles. The van der Waals surface area contributed by atoms with Crippen molar-refractivity contribution in [3.05, 3.63) is 29.3 Å². The fraction of sp³-hybridized carbons (Fsp3) is 0.429. The molecule has 88 valence electrons. The molecule has 0 bridgehead atoms. The van der Waals surface area contributed by atoms with Crippen LogP contribution in [0.1, 0.15) is 24.1 Å². The predicted molar refractivity (Wildman–Crippen MR) is 65.0 cm³/mol. The summed E-state index contributed by atoms with van der Waals surface area (Å²) >= 11 is 0. The zero-order valence-corrected chi connectivity index (χ0v) is 9.77. The van der Waals surface area contributed by atoms with Gasteiger partial charge in [0.1, 0.15) is 18.5 Å². The lowest BCUT2D eigenvalue weighted by molar-refractivity contribution is -0.0570. The molecule has 0 saturated carbocycles. The summed E-state index contributed by atoms with van der Waals surface area (Å²) in [4.78, 5) is 0. The minimum atomic E-state index is 0.107. The zero-order valence-electron chi connectivity index (χ0n) is 9.77. The van der Waals surface area contributed by atoms with Gasteiger partial charge in [-0.1, -0.05) is 12.0 Å². The Bertz CT molecular complexity index is 478. The first-order valence-corrected chi connectivity index (χ1v) is 5.89. The summed E-state index contributed by atoms with van der Waals surface area (Å²) in [6.07, 6.45) is 5.50. The summed E-state index contributed by atoms with van der Waals surface area (Å²) in [5.41, 5.74) is 2.00. The Hall–Kier alpha value is -1.50. The molecule has 1 aromatic carbocycles. The van der Waals surface area contributed by atoms with Crippen molar-refractivity contribution >= 4 is 0 Å². The van der Waals surface area contributed by atoms with Crippen molar-refractivity contribution < 1.29 is 9.47 Å². The van der Waals surface area contributed by atoms with E-state index in [1.165, 1.54) is 0 Å². The highest BCUT2D eigenvalue weighted by atomic mass is 16.5. The second-order valence-corrected chi connectivity index (χ2v) is 4.63. The van der Waals surface area contributed by atoms with Crippen molar-refractivity contribution in [3.8, 4) is 18.1 Å². The van der Waals surface area contributed by atoms with E-state index in [2.05, 4.69) is 18.2 Å². The Morgan fingerprint density at radius 3 is 3.12 bits per heavy atom. The van der Waals surface area contributed by atoms with Crippen LogP contribution in [0.4, 0.5) is 0 Å². The Morgan fingerprint density at radius 1 is 1.41 bits per heavy atom. The minimum absolute atomic E-state index is 0.107. The highest BCUT2D eigenvalue weighted by Crippen LogP contribution is 2.35. The zero-order chi connectivity index (χ0) is 11.8. The average Bonchev–Trinajstić information content (AvgIpc) is 2.37. The van der Waals surface area contributed by atoms with Gasteiger partial charge in [0.15, 0.2) is 0 Å². The van der Waals surface area contributed by atoms with Gasteiger partial charge in [0.05, 0.1) is 12.6 Å². The van der Waals surface area contributed by atoms with Gasteiger partial charge >= 0.3 is 0 Å². The SMILES string of the molecule is C#Cc1ccc2c(c1)OC[C@H]1OC[C@@H](C)N[C@@H]21. The Labute approximate surface area is 101 Å². The van der Waals surface area contributed by atoms with E-state index in [1.807, 2.05) is 18.2 Å². The lowest BCUT2D eigenvalue weighted by Crippen LogP contribution is -2.51. The average molecular weight is 229 g/mol. The van der Waals surface area contributed by atoms with Crippen LogP contribution in [-0.2, 0) is 4.74 Å². The molecule has 3 atom stereocenters. The van der Waals surface area contributed by atoms with Crippen molar-refractivity contribution in [2.24, 2.45) is 0 Å². The molecule has 0 radical (unpaired) electrons. The lowest BCUT2D eigenvalue weighted by Gasteiger charge is -2.40.